The Kier molecular flexibility index (Phi) is 2.24. The van der Waals surface area contributed by atoms with E-state index in [4.69, 9.17) is 11.6 Å². The zero-order valence-electron chi connectivity index (χ0n) is 4.31. The minimum Gasteiger partial charge on any atom is -0.305 e. The molecule has 1 aromatic rings. The van der Waals surface area contributed by atoms with Crippen LogP contribution in [0.1, 0.15) is 0 Å². The molecule has 1 rings (SSSR count). The van der Waals surface area contributed by atoms with Crippen molar-refractivity contribution in [3.63, 3.8) is 0 Å². The van der Waals surface area contributed by atoms with Crippen molar-refractivity contribution < 1.29 is 0 Å². The minimum atomic E-state index is 0.390. The molecule has 0 saturated carbocycles. The molecule has 48 valence electrons. The first kappa shape index (κ1) is 6.77. The van der Waals surface area contributed by atoms with Gasteiger partial charge in [0.25, 0.3) is 0 Å². The largest absolute Gasteiger partial charge is 0.305 e. The van der Waals surface area contributed by atoms with Crippen LogP contribution in [0.15, 0.2) is 12.1 Å². The van der Waals surface area contributed by atoms with E-state index in [1.165, 1.54) is 0 Å². The van der Waals surface area contributed by atoms with Gasteiger partial charge in [0.1, 0.15) is 0 Å². The Morgan fingerprint density at radius 1 is 1.44 bits per heavy atom. The minimum absolute atomic E-state index is 0.390. The molecule has 0 amide bonds. The highest BCUT2D eigenvalue weighted by Crippen LogP contribution is 2.06. The highest BCUT2D eigenvalue weighted by molar-refractivity contribution is 9.10. The third-order valence-electron chi connectivity index (χ3n) is 0.729. The first-order chi connectivity index (χ1) is 4.33. The van der Waals surface area contributed by atoms with Crippen LogP contribution in [-0.2, 0) is 0 Å². The molecule has 0 aliphatic rings. The third kappa shape index (κ3) is 1.80. The number of hydrogen-bond acceptors (Lipinski definition) is 3. The van der Waals surface area contributed by atoms with Gasteiger partial charge in [0, 0.05) is 16.1 Å². The van der Waals surface area contributed by atoms with E-state index in [1.54, 1.807) is 12.1 Å². The third-order valence-corrected chi connectivity index (χ3v) is 1.34. The Bertz CT molecular complexity index is 188. The quantitative estimate of drug-likeness (QED) is 0.716. The van der Waals surface area contributed by atoms with Gasteiger partial charge in [-0.2, -0.15) is 0 Å². The van der Waals surface area contributed by atoms with Crippen LogP contribution < -0.4 is 4.34 Å². The van der Waals surface area contributed by atoms with Gasteiger partial charge in [-0.15, -0.1) is 10.2 Å². The Morgan fingerprint density at radius 3 is 2.67 bits per heavy atom. The fourth-order valence-corrected chi connectivity index (χ4v) is 0.679. The molecular formula is C4H3BrClN3. The highest BCUT2D eigenvalue weighted by Gasteiger charge is 1.89. The molecule has 0 aliphatic carbocycles. The van der Waals surface area contributed by atoms with Crippen LogP contribution in [-0.4, -0.2) is 10.2 Å². The average Bonchev–Trinajstić information content (AvgIpc) is 1.90. The van der Waals surface area contributed by atoms with E-state index in [-0.39, 0.29) is 0 Å². The molecule has 0 spiro atoms. The van der Waals surface area contributed by atoms with Crippen molar-refractivity contribution in [3.05, 3.63) is 17.3 Å². The number of halogens is 2. The maximum atomic E-state index is 5.45. The molecule has 1 heterocycles. The molecule has 0 atom stereocenters. The van der Waals surface area contributed by atoms with Gasteiger partial charge in [0.15, 0.2) is 11.0 Å². The summed E-state index contributed by atoms with van der Waals surface area (Å²) in [6, 6.07) is 3.36. The predicted octanol–water partition coefficient (Wildman–Crippen LogP) is 1.85. The predicted molar refractivity (Wildman–Crippen MR) is 39.6 cm³/mol. The van der Waals surface area contributed by atoms with Crippen molar-refractivity contribution in [2.24, 2.45) is 0 Å². The van der Waals surface area contributed by atoms with Gasteiger partial charge in [-0.1, -0.05) is 11.6 Å². The van der Waals surface area contributed by atoms with Gasteiger partial charge in [0.2, 0.25) is 0 Å². The smallest absolute Gasteiger partial charge is 0.158 e. The van der Waals surface area contributed by atoms with Crippen molar-refractivity contribution >= 4 is 33.6 Å². The van der Waals surface area contributed by atoms with Gasteiger partial charge in [-0.05, 0) is 12.1 Å². The van der Waals surface area contributed by atoms with E-state index < -0.39 is 0 Å². The zero-order valence-corrected chi connectivity index (χ0v) is 6.65. The summed E-state index contributed by atoms with van der Waals surface area (Å²) in [5, 5.41) is 7.62. The highest BCUT2D eigenvalue weighted by atomic mass is 79.9. The van der Waals surface area contributed by atoms with Crippen molar-refractivity contribution in [3.8, 4) is 0 Å². The normalized spacial score (nSPS) is 9.11. The van der Waals surface area contributed by atoms with Gasteiger partial charge in [-0.3, -0.25) is 0 Å². The van der Waals surface area contributed by atoms with E-state index in [0.717, 1.165) is 0 Å². The zero-order chi connectivity index (χ0) is 6.69. The van der Waals surface area contributed by atoms with E-state index in [9.17, 15) is 0 Å². The summed E-state index contributed by atoms with van der Waals surface area (Å²) in [7, 11) is 0. The molecule has 0 saturated heterocycles. The fourth-order valence-electron chi connectivity index (χ4n) is 0.366. The molecule has 0 fully saturated rings. The second-order valence-corrected chi connectivity index (χ2v) is 2.12. The van der Waals surface area contributed by atoms with E-state index >= 15 is 0 Å². The Balaban J connectivity index is 2.88. The van der Waals surface area contributed by atoms with Gasteiger partial charge in [-0.25, -0.2) is 0 Å². The summed E-state index contributed by atoms with van der Waals surface area (Å²) in [5.74, 6) is 0.638. The Morgan fingerprint density at radius 2 is 2.22 bits per heavy atom. The molecule has 0 radical (unpaired) electrons. The molecule has 5 heteroatoms. The number of aromatic nitrogens is 2. The number of anilines is 1. The van der Waals surface area contributed by atoms with Crippen LogP contribution in [0.25, 0.3) is 0 Å². The molecule has 9 heavy (non-hydrogen) atoms. The number of nitrogens with zero attached hydrogens (tertiary/aromatic N) is 2. The van der Waals surface area contributed by atoms with E-state index in [2.05, 4.69) is 30.7 Å². The maximum Gasteiger partial charge on any atom is 0.158 e. The summed E-state index contributed by atoms with van der Waals surface area (Å²) in [5.41, 5.74) is 0. The van der Waals surface area contributed by atoms with Gasteiger partial charge >= 0.3 is 0 Å². The van der Waals surface area contributed by atoms with Crippen molar-refractivity contribution in [1.82, 2.24) is 10.2 Å². The van der Waals surface area contributed by atoms with Crippen LogP contribution in [0.4, 0.5) is 5.82 Å². The van der Waals surface area contributed by atoms with E-state index in [1.807, 2.05) is 0 Å². The maximum absolute atomic E-state index is 5.45. The first-order valence-corrected chi connectivity index (χ1v) is 3.36. The molecule has 3 nitrogen and oxygen atoms in total. The summed E-state index contributed by atoms with van der Waals surface area (Å²) >= 11 is 8.44. The lowest BCUT2D eigenvalue weighted by Gasteiger charge is -1.91. The van der Waals surface area contributed by atoms with Crippen LogP contribution in [0.5, 0.6) is 0 Å². The lowest BCUT2D eigenvalue weighted by Crippen LogP contribution is -1.87. The molecular weight excluding hydrogens is 205 g/mol. The molecule has 0 unspecified atom stereocenters. The van der Waals surface area contributed by atoms with Gasteiger partial charge < -0.3 is 4.34 Å². The Hall–Kier alpha value is -0.350. The second kappa shape index (κ2) is 2.98. The lowest BCUT2D eigenvalue weighted by molar-refractivity contribution is 1.04. The fraction of sp³-hybridized carbons (Fsp3) is 0. The molecule has 1 aromatic heterocycles. The summed E-state index contributed by atoms with van der Waals surface area (Å²) < 4.78 is 2.63. The first-order valence-electron chi connectivity index (χ1n) is 2.19. The van der Waals surface area contributed by atoms with Crippen molar-refractivity contribution in [2.75, 3.05) is 4.34 Å². The van der Waals surface area contributed by atoms with Crippen molar-refractivity contribution in [1.29, 1.82) is 0 Å². The van der Waals surface area contributed by atoms with Crippen LogP contribution in [0.2, 0.25) is 5.15 Å². The molecule has 1 N–H and O–H groups in total. The SMILES string of the molecule is Clc1ccc(NBr)nn1. The molecule has 0 aliphatic heterocycles. The summed E-state index contributed by atoms with van der Waals surface area (Å²) in [6.07, 6.45) is 0. The number of rotatable bonds is 1. The standard InChI is InChI=1S/C4H3BrClN3/c5-7-4-2-1-3(6)8-9-4/h1-2H,(H,7,9). The van der Waals surface area contributed by atoms with E-state index in [0.29, 0.717) is 11.0 Å². The Labute approximate surface area is 65.8 Å². The van der Waals surface area contributed by atoms with Crippen LogP contribution in [0.3, 0.4) is 0 Å². The lowest BCUT2D eigenvalue weighted by atomic mass is 10.5. The topological polar surface area (TPSA) is 37.8 Å². The monoisotopic (exact) mass is 207 g/mol. The second-order valence-electron chi connectivity index (χ2n) is 1.34. The van der Waals surface area contributed by atoms with Crippen molar-refractivity contribution in [2.45, 2.75) is 0 Å². The average molecular weight is 208 g/mol. The van der Waals surface area contributed by atoms with Crippen LogP contribution >= 0.6 is 27.7 Å². The summed E-state index contributed by atoms with van der Waals surface area (Å²) in [4.78, 5) is 0. The number of nitrogens with one attached hydrogen (secondary N) is 1. The number of hydrogen-bond donors (Lipinski definition) is 1. The van der Waals surface area contributed by atoms with Gasteiger partial charge in [0.05, 0.1) is 0 Å². The van der Waals surface area contributed by atoms with Crippen LogP contribution in [0, 0.1) is 0 Å². The molecule has 0 aromatic carbocycles. The molecule has 0 bridgehead atoms. The summed E-state index contributed by atoms with van der Waals surface area (Å²) in [6.45, 7) is 0.